The molecule has 62 valence electrons. The van der Waals surface area contributed by atoms with Crippen LogP contribution in [0.1, 0.15) is 0 Å². The Morgan fingerprint density at radius 2 is 1.92 bits per heavy atom. The van der Waals surface area contributed by atoms with Gasteiger partial charge < -0.3 is 4.98 Å². The van der Waals surface area contributed by atoms with Gasteiger partial charge in [-0.25, -0.2) is 9.78 Å². The predicted octanol–water partition coefficient (Wildman–Crippen LogP) is -0.298. The van der Waals surface area contributed by atoms with Crippen LogP contribution in [-0.4, -0.2) is 19.9 Å². The first-order valence-electron chi connectivity index (χ1n) is 3.04. The highest BCUT2D eigenvalue weighted by Crippen LogP contribution is 2.06. The summed E-state index contributed by atoms with van der Waals surface area (Å²) in [6.07, 6.45) is 0. The monoisotopic (exact) mass is 231 g/mol. The van der Waals surface area contributed by atoms with E-state index in [0.29, 0.717) is 4.73 Å². The molecule has 0 unspecified atom stereocenters. The number of fused-ring (bicyclic) bond motifs is 1. The Labute approximate surface area is 73.2 Å². The van der Waals surface area contributed by atoms with Crippen LogP contribution in [0.5, 0.6) is 0 Å². The topological polar surface area (TPSA) is 94.4 Å². The second-order valence-corrected chi connectivity index (χ2v) is 2.91. The number of aromatic nitrogens is 4. The molecule has 0 aliphatic heterocycles. The zero-order valence-corrected chi connectivity index (χ0v) is 7.23. The molecular weight excluding hydrogens is 229 g/mol. The average molecular weight is 232 g/mol. The second-order valence-electron chi connectivity index (χ2n) is 2.16. The number of halogens is 1. The molecule has 0 saturated carbocycles. The van der Waals surface area contributed by atoms with Gasteiger partial charge in [0.25, 0.3) is 5.56 Å². The first kappa shape index (κ1) is 7.29. The summed E-state index contributed by atoms with van der Waals surface area (Å²) in [4.78, 5) is 32.7. The van der Waals surface area contributed by atoms with Crippen molar-refractivity contribution in [2.45, 2.75) is 0 Å². The van der Waals surface area contributed by atoms with Crippen molar-refractivity contribution in [3.05, 3.63) is 25.6 Å². The molecule has 0 saturated heterocycles. The number of nitrogens with one attached hydrogen (secondary N) is 3. The van der Waals surface area contributed by atoms with Gasteiger partial charge in [0.2, 0.25) is 0 Å². The maximum atomic E-state index is 11.0. The number of nitrogens with zero attached hydrogens (tertiary/aromatic N) is 1. The van der Waals surface area contributed by atoms with Crippen molar-refractivity contribution in [3.8, 4) is 0 Å². The van der Waals surface area contributed by atoms with Crippen LogP contribution < -0.4 is 11.2 Å². The minimum atomic E-state index is -0.563. The Balaban J connectivity index is 3.08. The summed E-state index contributed by atoms with van der Waals surface area (Å²) in [7, 11) is 0. The molecule has 0 amide bonds. The second kappa shape index (κ2) is 2.31. The molecule has 2 aromatic heterocycles. The zero-order chi connectivity index (χ0) is 8.72. The van der Waals surface area contributed by atoms with Gasteiger partial charge in [-0.3, -0.25) is 14.8 Å². The molecule has 0 aliphatic rings. The molecule has 2 heterocycles. The molecule has 0 radical (unpaired) electrons. The SMILES string of the molecule is O=c1[14nH][13c](=O)[14nH]c2nc(Br)[nH]c12. The summed E-state index contributed by atoms with van der Waals surface area (Å²) >= 11 is 3.04. The van der Waals surface area contributed by atoms with Gasteiger partial charge in [-0.05, 0) is 15.9 Å². The van der Waals surface area contributed by atoms with Crippen molar-refractivity contribution in [2.24, 2.45) is 0 Å². The van der Waals surface area contributed by atoms with E-state index in [0.717, 1.165) is 0 Å². The van der Waals surface area contributed by atoms with Gasteiger partial charge in [0.05, 0.1) is 0 Å². The molecule has 0 spiro atoms. The quantitative estimate of drug-likeness (QED) is 0.544. The van der Waals surface area contributed by atoms with Crippen LogP contribution in [0.25, 0.3) is 11.2 Å². The fourth-order valence-corrected chi connectivity index (χ4v) is 1.28. The third-order valence-electron chi connectivity index (χ3n) is 1.36. The molecule has 6 nitrogen and oxygen atoms in total. The molecule has 0 fully saturated rings. The van der Waals surface area contributed by atoms with Crippen LogP contribution in [0.2, 0.25) is 0 Å². The van der Waals surface area contributed by atoms with Crippen molar-refractivity contribution in [2.75, 3.05) is 0 Å². The summed E-state index contributed by atoms with van der Waals surface area (Å²) in [5.74, 6) is 0. The van der Waals surface area contributed by atoms with E-state index in [4.69, 9.17) is 0 Å². The van der Waals surface area contributed by atoms with E-state index in [9.17, 15) is 9.59 Å². The fraction of sp³-hybridized carbons (Fsp3) is 0. The molecule has 0 atom stereocenters. The van der Waals surface area contributed by atoms with Crippen LogP contribution in [0.4, 0.5) is 0 Å². The lowest BCUT2D eigenvalue weighted by molar-refractivity contribution is 1.07. The van der Waals surface area contributed by atoms with E-state index in [1.807, 2.05) is 0 Å². The minimum absolute atomic E-state index is 0.246. The first-order valence-corrected chi connectivity index (χ1v) is 3.84. The summed E-state index contributed by atoms with van der Waals surface area (Å²) in [5.41, 5.74) is -0.546. The lowest BCUT2D eigenvalue weighted by atomic mass is 10.6. The third-order valence-corrected chi connectivity index (χ3v) is 1.74. The molecule has 0 bridgehead atoms. The summed E-state index contributed by atoms with van der Waals surface area (Å²) in [5, 5.41) is 0. The normalized spacial score (nSPS) is 10.8. The van der Waals surface area contributed by atoms with Crippen LogP contribution in [0, 0.1) is 0 Å². The maximum absolute atomic E-state index is 11.0. The lowest BCUT2D eigenvalue weighted by Crippen LogP contribution is -2.21. The predicted molar refractivity (Wildman–Crippen MR) is 45.0 cm³/mol. The maximum Gasteiger partial charge on any atom is 0.327 e. The molecule has 0 aromatic carbocycles. The Bertz CT molecular complexity index is 536. The highest BCUT2D eigenvalue weighted by Gasteiger charge is 2.04. The number of imidazole rings is 1. The van der Waals surface area contributed by atoms with Crippen LogP contribution in [0.3, 0.4) is 0 Å². The van der Waals surface area contributed by atoms with Crippen molar-refractivity contribution in [1.82, 2.24) is 19.9 Å². The van der Waals surface area contributed by atoms with Crippen LogP contribution in [-0.2, 0) is 0 Å². The van der Waals surface area contributed by atoms with Gasteiger partial charge >= 0.3 is 5.69 Å². The molecule has 2 aromatic rings. The highest BCUT2D eigenvalue weighted by molar-refractivity contribution is 9.10. The van der Waals surface area contributed by atoms with E-state index in [-0.39, 0.29) is 11.2 Å². The van der Waals surface area contributed by atoms with Gasteiger partial charge in [0.15, 0.2) is 10.4 Å². The Kier molecular flexibility index (Phi) is 1.40. The smallest absolute Gasteiger partial charge is 0.327 e. The third kappa shape index (κ3) is 0.981. The summed E-state index contributed by atoms with van der Waals surface area (Å²) in [6, 6.07) is 0. The van der Waals surface area contributed by atoms with Crippen LogP contribution >= 0.6 is 15.9 Å². The van der Waals surface area contributed by atoms with Crippen molar-refractivity contribution in [1.29, 1.82) is 0 Å². The van der Waals surface area contributed by atoms with Crippen LogP contribution in [0.15, 0.2) is 14.3 Å². The molecule has 2 rings (SSSR count). The van der Waals surface area contributed by atoms with E-state index in [2.05, 4.69) is 35.9 Å². The minimum Gasteiger partial charge on any atom is -0.327 e. The molecule has 7 heteroatoms. The first-order chi connectivity index (χ1) is 5.66. The number of rotatable bonds is 0. The molecule has 12 heavy (non-hydrogen) atoms. The summed E-state index contributed by atoms with van der Waals surface area (Å²) in [6.45, 7) is 0. The van der Waals surface area contributed by atoms with E-state index in [1.54, 1.807) is 0 Å². The van der Waals surface area contributed by atoms with Gasteiger partial charge in [-0.2, -0.15) is 0 Å². The van der Waals surface area contributed by atoms with Crippen molar-refractivity contribution in [3.63, 3.8) is 0 Å². The standard InChI is InChI=1S/C5H3BrN4O2/c6-4-7-1-2(8-4)9-5(12)10-3(1)11/h(H3,7,8,9,10,11,12)/i5+1,9+0,10+0. The number of aromatic amines is 3. The van der Waals surface area contributed by atoms with Gasteiger partial charge in [-0.1, -0.05) is 0 Å². The lowest BCUT2D eigenvalue weighted by Gasteiger charge is -1.83. The fourth-order valence-electron chi connectivity index (χ4n) is 0.904. The summed E-state index contributed by atoms with van der Waals surface area (Å²) < 4.78 is 0.407. The largest absolute Gasteiger partial charge is 0.327 e. The average Bonchev–Trinajstić information content (AvgIpc) is 2.29. The molecule has 0 aliphatic carbocycles. The Morgan fingerprint density at radius 1 is 1.17 bits per heavy atom. The zero-order valence-electron chi connectivity index (χ0n) is 5.64. The number of hydrogen-bond acceptors (Lipinski definition) is 3. The van der Waals surface area contributed by atoms with Crippen molar-refractivity contribution >= 4 is 27.1 Å². The highest BCUT2D eigenvalue weighted by atomic mass is 79.9. The van der Waals surface area contributed by atoms with E-state index in [1.165, 1.54) is 0 Å². The van der Waals surface area contributed by atoms with E-state index < -0.39 is 11.2 Å². The molecular formula is C5H3BrN4O2. The Hall–Kier alpha value is -1.37. The number of H-pyrrole nitrogens is 3. The molecule has 3 N–H and O–H groups in total. The van der Waals surface area contributed by atoms with E-state index >= 15 is 0 Å². The number of hydrogen-bond donors (Lipinski definition) is 3. The van der Waals surface area contributed by atoms with Crippen molar-refractivity contribution < 1.29 is 0 Å². The van der Waals surface area contributed by atoms with Gasteiger partial charge in [-0.15, -0.1) is 0 Å². The van der Waals surface area contributed by atoms with Gasteiger partial charge in [0, 0.05) is 0 Å². The Morgan fingerprint density at radius 3 is 2.67 bits per heavy atom. The van der Waals surface area contributed by atoms with Gasteiger partial charge in [0.1, 0.15) is 5.52 Å².